The second kappa shape index (κ2) is 7.51. The van der Waals surface area contributed by atoms with Crippen molar-refractivity contribution in [2.24, 2.45) is 0 Å². The third-order valence-electron chi connectivity index (χ3n) is 3.49. The molecule has 0 aromatic heterocycles. The van der Waals surface area contributed by atoms with Crippen molar-refractivity contribution in [3.63, 3.8) is 0 Å². The van der Waals surface area contributed by atoms with E-state index in [0.29, 0.717) is 0 Å². The number of hydrogen-bond acceptors (Lipinski definition) is 3. The number of hydrogen-bond donors (Lipinski definition) is 1. The van der Waals surface area contributed by atoms with E-state index in [1.165, 1.54) is 16.7 Å². The van der Waals surface area contributed by atoms with E-state index in [-0.39, 0.29) is 12.1 Å². The SMILES string of the molecule is CCOC(CC)C(NC)c1c(C)cc(C)cc1OC. The van der Waals surface area contributed by atoms with Gasteiger partial charge in [0.1, 0.15) is 5.75 Å². The molecule has 1 aromatic rings. The zero-order valence-electron chi connectivity index (χ0n) is 13.0. The molecule has 1 rings (SSSR count). The van der Waals surface area contributed by atoms with Crippen molar-refractivity contribution in [2.75, 3.05) is 20.8 Å². The lowest BCUT2D eigenvalue weighted by Gasteiger charge is -2.29. The van der Waals surface area contributed by atoms with Crippen LogP contribution in [-0.4, -0.2) is 26.9 Å². The Morgan fingerprint density at radius 3 is 2.37 bits per heavy atom. The lowest BCUT2D eigenvalue weighted by Crippen LogP contribution is -2.32. The number of likely N-dealkylation sites (N-methyl/N-ethyl adjacent to an activating group) is 1. The molecule has 19 heavy (non-hydrogen) atoms. The fraction of sp³-hybridized carbons (Fsp3) is 0.625. The minimum Gasteiger partial charge on any atom is -0.496 e. The molecule has 0 radical (unpaired) electrons. The monoisotopic (exact) mass is 265 g/mol. The average Bonchev–Trinajstić information content (AvgIpc) is 2.39. The molecule has 2 unspecified atom stereocenters. The summed E-state index contributed by atoms with van der Waals surface area (Å²) in [6, 6.07) is 4.44. The number of ether oxygens (including phenoxy) is 2. The molecule has 0 amide bonds. The first-order chi connectivity index (χ1) is 9.08. The summed E-state index contributed by atoms with van der Waals surface area (Å²) >= 11 is 0. The quantitative estimate of drug-likeness (QED) is 0.819. The van der Waals surface area contributed by atoms with Crippen LogP contribution >= 0.6 is 0 Å². The van der Waals surface area contributed by atoms with E-state index >= 15 is 0 Å². The summed E-state index contributed by atoms with van der Waals surface area (Å²) in [5, 5.41) is 3.38. The van der Waals surface area contributed by atoms with E-state index in [0.717, 1.165) is 18.8 Å². The van der Waals surface area contributed by atoms with E-state index in [1.807, 2.05) is 14.0 Å². The molecule has 0 aliphatic carbocycles. The van der Waals surface area contributed by atoms with Crippen molar-refractivity contribution in [1.29, 1.82) is 0 Å². The van der Waals surface area contributed by atoms with Crippen LogP contribution in [-0.2, 0) is 4.74 Å². The first kappa shape index (κ1) is 16.0. The smallest absolute Gasteiger partial charge is 0.124 e. The summed E-state index contributed by atoms with van der Waals surface area (Å²) < 4.78 is 11.4. The van der Waals surface area contributed by atoms with Crippen molar-refractivity contribution in [3.05, 3.63) is 28.8 Å². The average molecular weight is 265 g/mol. The molecule has 0 fully saturated rings. The second-order valence-electron chi connectivity index (χ2n) is 4.87. The highest BCUT2D eigenvalue weighted by Gasteiger charge is 2.25. The number of benzene rings is 1. The summed E-state index contributed by atoms with van der Waals surface area (Å²) in [4.78, 5) is 0. The van der Waals surface area contributed by atoms with Gasteiger partial charge in [0, 0.05) is 12.2 Å². The molecule has 0 aliphatic rings. The normalized spacial score (nSPS) is 14.2. The number of aryl methyl sites for hydroxylation is 2. The maximum Gasteiger partial charge on any atom is 0.124 e. The first-order valence-electron chi connectivity index (χ1n) is 7.02. The van der Waals surface area contributed by atoms with E-state index in [2.05, 4.69) is 38.2 Å². The van der Waals surface area contributed by atoms with Crippen LogP contribution in [0.1, 0.15) is 43.0 Å². The van der Waals surface area contributed by atoms with Gasteiger partial charge >= 0.3 is 0 Å². The van der Waals surface area contributed by atoms with Crippen molar-refractivity contribution >= 4 is 0 Å². The maximum atomic E-state index is 5.87. The van der Waals surface area contributed by atoms with Crippen LogP contribution in [0.2, 0.25) is 0 Å². The molecule has 0 spiro atoms. The van der Waals surface area contributed by atoms with Crippen LogP contribution in [0.15, 0.2) is 12.1 Å². The number of methoxy groups -OCH3 is 1. The van der Waals surface area contributed by atoms with Gasteiger partial charge in [-0.1, -0.05) is 13.0 Å². The molecule has 0 saturated heterocycles. The predicted octanol–water partition coefficient (Wildman–Crippen LogP) is 3.39. The molecular weight excluding hydrogens is 238 g/mol. The van der Waals surface area contributed by atoms with Crippen LogP contribution in [0.4, 0.5) is 0 Å². The predicted molar refractivity (Wildman–Crippen MR) is 80.0 cm³/mol. The van der Waals surface area contributed by atoms with Gasteiger partial charge in [-0.25, -0.2) is 0 Å². The number of rotatable bonds is 7. The fourth-order valence-corrected chi connectivity index (χ4v) is 2.69. The molecule has 3 nitrogen and oxygen atoms in total. The Morgan fingerprint density at radius 2 is 1.89 bits per heavy atom. The second-order valence-corrected chi connectivity index (χ2v) is 4.87. The van der Waals surface area contributed by atoms with E-state index in [1.54, 1.807) is 7.11 Å². The Kier molecular flexibility index (Phi) is 6.32. The summed E-state index contributed by atoms with van der Waals surface area (Å²) in [7, 11) is 3.71. The van der Waals surface area contributed by atoms with E-state index < -0.39 is 0 Å². The van der Waals surface area contributed by atoms with Crippen LogP contribution in [0, 0.1) is 13.8 Å². The minimum absolute atomic E-state index is 0.153. The Labute approximate surface area is 117 Å². The molecule has 108 valence electrons. The Bertz CT molecular complexity index is 404. The molecule has 1 N–H and O–H groups in total. The maximum absolute atomic E-state index is 5.87. The highest BCUT2D eigenvalue weighted by Crippen LogP contribution is 2.33. The van der Waals surface area contributed by atoms with Crippen molar-refractivity contribution in [1.82, 2.24) is 5.32 Å². The lowest BCUT2D eigenvalue weighted by atomic mass is 9.93. The fourth-order valence-electron chi connectivity index (χ4n) is 2.69. The Morgan fingerprint density at radius 1 is 1.21 bits per heavy atom. The summed E-state index contributed by atoms with van der Waals surface area (Å²) in [5.74, 6) is 0.940. The first-order valence-corrected chi connectivity index (χ1v) is 7.02. The molecule has 0 heterocycles. The molecule has 0 bridgehead atoms. The van der Waals surface area contributed by atoms with Crippen LogP contribution < -0.4 is 10.1 Å². The highest BCUT2D eigenvalue weighted by atomic mass is 16.5. The molecule has 0 aliphatic heterocycles. The van der Waals surface area contributed by atoms with Gasteiger partial charge in [-0.05, 0) is 51.4 Å². The summed E-state index contributed by atoms with van der Waals surface area (Å²) in [6.07, 6.45) is 1.13. The van der Waals surface area contributed by atoms with Crippen molar-refractivity contribution in [3.8, 4) is 5.75 Å². The van der Waals surface area contributed by atoms with Gasteiger partial charge in [-0.2, -0.15) is 0 Å². The highest BCUT2D eigenvalue weighted by molar-refractivity contribution is 5.45. The molecular formula is C16H27NO2. The Hall–Kier alpha value is -1.06. The minimum atomic E-state index is 0.153. The van der Waals surface area contributed by atoms with Crippen molar-refractivity contribution in [2.45, 2.75) is 46.3 Å². The Balaban J connectivity index is 3.23. The van der Waals surface area contributed by atoms with Crippen LogP contribution in [0.5, 0.6) is 5.75 Å². The van der Waals surface area contributed by atoms with Gasteiger partial charge in [-0.3, -0.25) is 0 Å². The zero-order chi connectivity index (χ0) is 14.4. The summed E-state index contributed by atoms with van der Waals surface area (Å²) in [5.41, 5.74) is 3.67. The van der Waals surface area contributed by atoms with Gasteiger partial charge in [0.15, 0.2) is 0 Å². The third kappa shape index (κ3) is 3.71. The van der Waals surface area contributed by atoms with E-state index in [4.69, 9.17) is 9.47 Å². The standard InChI is InChI=1S/C16H27NO2/c1-7-13(19-8-2)16(17-5)15-12(4)9-11(3)10-14(15)18-6/h9-10,13,16-17H,7-8H2,1-6H3. The van der Waals surface area contributed by atoms with E-state index in [9.17, 15) is 0 Å². The van der Waals surface area contributed by atoms with Gasteiger partial charge in [0.2, 0.25) is 0 Å². The molecule has 2 atom stereocenters. The lowest BCUT2D eigenvalue weighted by molar-refractivity contribution is 0.0326. The zero-order valence-corrected chi connectivity index (χ0v) is 13.0. The van der Waals surface area contributed by atoms with Crippen LogP contribution in [0.3, 0.4) is 0 Å². The number of nitrogens with one attached hydrogen (secondary N) is 1. The molecule has 0 saturated carbocycles. The van der Waals surface area contributed by atoms with Gasteiger partial charge in [-0.15, -0.1) is 0 Å². The van der Waals surface area contributed by atoms with Gasteiger partial charge in [0.25, 0.3) is 0 Å². The molecule has 3 heteroatoms. The van der Waals surface area contributed by atoms with Gasteiger partial charge < -0.3 is 14.8 Å². The third-order valence-corrected chi connectivity index (χ3v) is 3.49. The van der Waals surface area contributed by atoms with Gasteiger partial charge in [0.05, 0.1) is 19.3 Å². The van der Waals surface area contributed by atoms with Crippen LogP contribution in [0.25, 0.3) is 0 Å². The largest absolute Gasteiger partial charge is 0.496 e. The topological polar surface area (TPSA) is 30.5 Å². The summed E-state index contributed by atoms with van der Waals surface area (Å²) in [6.45, 7) is 9.14. The molecule has 1 aromatic carbocycles. The van der Waals surface area contributed by atoms with Crippen molar-refractivity contribution < 1.29 is 9.47 Å².